The minimum Gasteiger partial charge on any atom is -0.307 e. The van der Waals surface area contributed by atoms with E-state index in [4.69, 9.17) is 23.2 Å². The summed E-state index contributed by atoms with van der Waals surface area (Å²) in [6.07, 6.45) is 5.90. The lowest BCUT2D eigenvalue weighted by Crippen LogP contribution is -2.22. The van der Waals surface area contributed by atoms with Gasteiger partial charge in [0, 0.05) is 0 Å². The van der Waals surface area contributed by atoms with E-state index in [9.17, 15) is 0 Å². The molecule has 0 aromatic heterocycles. The topological polar surface area (TPSA) is 12.0 Å². The van der Waals surface area contributed by atoms with Gasteiger partial charge in [-0.3, -0.25) is 0 Å². The second-order valence-electron chi connectivity index (χ2n) is 4.31. The van der Waals surface area contributed by atoms with Crippen LogP contribution in [0.3, 0.4) is 0 Å². The predicted molar refractivity (Wildman–Crippen MR) is 74.8 cm³/mol. The first-order valence-electron chi connectivity index (χ1n) is 6.10. The predicted octanol–water partition coefficient (Wildman–Crippen LogP) is 4.75. The summed E-state index contributed by atoms with van der Waals surface area (Å²) in [6, 6.07) is 6.07. The molecule has 1 aromatic rings. The van der Waals surface area contributed by atoms with Gasteiger partial charge in [-0.1, -0.05) is 53.9 Å². The molecule has 17 heavy (non-hydrogen) atoms. The van der Waals surface area contributed by atoms with E-state index in [0.717, 1.165) is 18.5 Å². The quantitative estimate of drug-likeness (QED) is 0.778. The summed E-state index contributed by atoms with van der Waals surface area (Å²) >= 11 is 12.4. The van der Waals surface area contributed by atoms with Crippen molar-refractivity contribution < 1.29 is 0 Å². The molecule has 0 saturated carbocycles. The van der Waals surface area contributed by atoms with Crippen LogP contribution in [0.4, 0.5) is 0 Å². The first kappa shape index (κ1) is 12.9. The van der Waals surface area contributed by atoms with Crippen molar-refractivity contribution in [2.45, 2.75) is 32.2 Å². The molecule has 3 heteroatoms. The second-order valence-corrected chi connectivity index (χ2v) is 5.09. The summed E-state index contributed by atoms with van der Waals surface area (Å²) in [5, 5.41) is 4.80. The van der Waals surface area contributed by atoms with Crippen molar-refractivity contribution in [3.63, 3.8) is 0 Å². The van der Waals surface area contributed by atoms with Gasteiger partial charge in [0.2, 0.25) is 0 Å². The van der Waals surface area contributed by atoms with Crippen molar-refractivity contribution in [1.82, 2.24) is 5.32 Å². The normalized spacial score (nSPS) is 17.0. The highest BCUT2D eigenvalue weighted by atomic mass is 35.5. The minimum absolute atomic E-state index is 0.216. The number of allylic oxidation sites excluding steroid dienone is 1. The highest BCUT2D eigenvalue weighted by Gasteiger charge is 2.21. The average Bonchev–Trinajstić information content (AvgIpc) is 2.84. The molecule has 0 radical (unpaired) electrons. The molecule has 0 heterocycles. The van der Waals surface area contributed by atoms with E-state index >= 15 is 0 Å². The summed E-state index contributed by atoms with van der Waals surface area (Å²) in [6.45, 7) is 3.03. The third kappa shape index (κ3) is 2.85. The summed E-state index contributed by atoms with van der Waals surface area (Å²) in [5.74, 6) is 0. The van der Waals surface area contributed by atoms with Gasteiger partial charge in [-0.05, 0) is 37.4 Å². The Morgan fingerprint density at radius 3 is 2.82 bits per heavy atom. The van der Waals surface area contributed by atoms with E-state index in [1.165, 1.54) is 18.4 Å². The number of benzene rings is 1. The molecule has 1 N–H and O–H groups in total. The van der Waals surface area contributed by atoms with Crippen LogP contribution in [0.5, 0.6) is 0 Å². The first-order chi connectivity index (χ1) is 8.24. The van der Waals surface area contributed by atoms with Crippen LogP contribution in [-0.4, -0.2) is 6.54 Å². The number of likely N-dealkylation sites (N-methyl/N-ethyl adjacent to an activating group) is 1. The van der Waals surface area contributed by atoms with Gasteiger partial charge in [0.15, 0.2) is 0 Å². The summed E-state index contributed by atoms with van der Waals surface area (Å²) in [4.78, 5) is 0. The molecule has 1 aromatic carbocycles. The first-order valence-corrected chi connectivity index (χ1v) is 6.86. The molecule has 1 nitrogen and oxygen atoms in total. The van der Waals surface area contributed by atoms with Crippen molar-refractivity contribution in [1.29, 1.82) is 0 Å². The lowest BCUT2D eigenvalue weighted by atomic mass is 9.98. The highest BCUT2D eigenvalue weighted by molar-refractivity contribution is 6.42. The molecule has 0 amide bonds. The van der Waals surface area contributed by atoms with Gasteiger partial charge in [0.1, 0.15) is 0 Å². The summed E-state index contributed by atoms with van der Waals surface area (Å²) in [7, 11) is 0. The van der Waals surface area contributed by atoms with Crippen LogP contribution in [0, 0.1) is 0 Å². The van der Waals surface area contributed by atoms with E-state index in [0.29, 0.717) is 10.0 Å². The molecule has 1 aliphatic carbocycles. The van der Waals surface area contributed by atoms with Crippen molar-refractivity contribution in [2.24, 2.45) is 0 Å². The SMILES string of the molecule is CCNC(C1=CCCC1)c1cccc(Cl)c1Cl. The van der Waals surface area contributed by atoms with Gasteiger partial charge in [-0.2, -0.15) is 0 Å². The molecular formula is C14H17Cl2N. The molecule has 0 spiro atoms. The maximum Gasteiger partial charge on any atom is 0.0643 e. The Labute approximate surface area is 113 Å². The Hall–Kier alpha value is -0.500. The van der Waals surface area contributed by atoms with Crippen LogP contribution in [0.2, 0.25) is 10.0 Å². The van der Waals surface area contributed by atoms with Gasteiger partial charge < -0.3 is 5.32 Å². The number of rotatable bonds is 4. The lowest BCUT2D eigenvalue weighted by molar-refractivity contribution is 0.605. The Bertz CT molecular complexity index is 426. The van der Waals surface area contributed by atoms with Crippen molar-refractivity contribution >= 4 is 23.2 Å². The van der Waals surface area contributed by atoms with Crippen LogP contribution >= 0.6 is 23.2 Å². The van der Waals surface area contributed by atoms with Crippen LogP contribution in [0.15, 0.2) is 29.8 Å². The van der Waals surface area contributed by atoms with Crippen LogP contribution in [0.25, 0.3) is 0 Å². The average molecular weight is 270 g/mol. The zero-order valence-electron chi connectivity index (χ0n) is 9.97. The number of nitrogens with one attached hydrogen (secondary N) is 1. The van der Waals surface area contributed by atoms with Crippen molar-refractivity contribution in [3.05, 3.63) is 45.5 Å². The van der Waals surface area contributed by atoms with Crippen LogP contribution in [-0.2, 0) is 0 Å². The van der Waals surface area contributed by atoms with Crippen molar-refractivity contribution in [3.8, 4) is 0 Å². The van der Waals surface area contributed by atoms with Gasteiger partial charge in [0.25, 0.3) is 0 Å². The lowest BCUT2D eigenvalue weighted by Gasteiger charge is -2.21. The number of hydrogen-bond acceptors (Lipinski definition) is 1. The van der Waals surface area contributed by atoms with E-state index in [2.05, 4.69) is 24.4 Å². The van der Waals surface area contributed by atoms with Crippen LogP contribution < -0.4 is 5.32 Å². The second kappa shape index (κ2) is 5.90. The standard InChI is InChI=1S/C14H17Cl2N/c1-2-17-14(10-6-3-4-7-10)11-8-5-9-12(15)13(11)16/h5-6,8-9,14,17H,2-4,7H2,1H3. The Balaban J connectivity index is 2.35. The fraction of sp³-hybridized carbons (Fsp3) is 0.429. The highest BCUT2D eigenvalue weighted by Crippen LogP contribution is 2.36. The molecule has 0 saturated heterocycles. The largest absolute Gasteiger partial charge is 0.307 e. The molecule has 92 valence electrons. The molecule has 0 bridgehead atoms. The summed E-state index contributed by atoms with van der Waals surface area (Å²) in [5.41, 5.74) is 2.53. The number of halogens is 2. The van der Waals surface area contributed by atoms with Gasteiger partial charge in [-0.15, -0.1) is 0 Å². The third-order valence-electron chi connectivity index (χ3n) is 3.15. The van der Waals surface area contributed by atoms with Crippen LogP contribution in [0.1, 0.15) is 37.8 Å². The number of hydrogen-bond donors (Lipinski definition) is 1. The fourth-order valence-corrected chi connectivity index (χ4v) is 2.76. The third-order valence-corrected chi connectivity index (χ3v) is 3.98. The molecule has 0 fully saturated rings. The van der Waals surface area contributed by atoms with Gasteiger partial charge in [-0.25, -0.2) is 0 Å². The van der Waals surface area contributed by atoms with E-state index in [1.54, 1.807) is 0 Å². The Kier molecular flexibility index (Phi) is 4.49. The maximum absolute atomic E-state index is 6.30. The molecule has 1 unspecified atom stereocenters. The fourth-order valence-electron chi connectivity index (χ4n) is 2.35. The molecule has 1 atom stereocenters. The molecular weight excluding hydrogens is 253 g/mol. The van der Waals surface area contributed by atoms with E-state index in [1.807, 2.05) is 12.1 Å². The molecule has 0 aliphatic heterocycles. The monoisotopic (exact) mass is 269 g/mol. The Morgan fingerprint density at radius 1 is 1.35 bits per heavy atom. The zero-order valence-corrected chi connectivity index (χ0v) is 11.5. The Morgan fingerprint density at radius 2 is 2.18 bits per heavy atom. The van der Waals surface area contributed by atoms with Gasteiger partial charge >= 0.3 is 0 Å². The minimum atomic E-state index is 0.216. The summed E-state index contributed by atoms with van der Waals surface area (Å²) < 4.78 is 0. The molecule has 2 rings (SSSR count). The smallest absolute Gasteiger partial charge is 0.0643 e. The van der Waals surface area contributed by atoms with E-state index in [-0.39, 0.29) is 6.04 Å². The van der Waals surface area contributed by atoms with Gasteiger partial charge in [0.05, 0.1) is 16.1 Å². The zero-order chi connectivity index (χ0) is 12.3. The van der Waals surface area contributed by atoms with Crippen molar-refractivity contribution in [2.75, 3.05) is 6.54 Å². The maximum atomic E-state index is 6.30. The molecule has 1 aliphatic rings. The van der Waals surface area contributed by atoms with E-state index < -0.39 is 0 Å².